The zero-order chi connectivity index (χ0) is 15.9. The van der Waals surface area contributed by atoms with Gasteiger partial charge in [-0.15, -0.1) is 0 Å². The Kier molecular flexibility index (Phi) is 3.92. The predicted molar refractivity (Wildman–Crippen MR) is 86.0 cm³/mol. The van der Waals surface area contributed by atoms with Crippen LogP contribution in [0.3, 0.4) is 0 Å². The van der Waals surface area contributed by atoms with Crippen molar-refractivity contribution in [2.75, 3.05) is 0 Å². The van der Waals surface area contributed by atoms with E-state index in [-0.39, 0.29) is 16.9 Å². The highest BCUT2D eigenvalue weighted by Gasteiger charge is 2.50. The first-order valence-electron chi connectivity index (χ1n) is 8.47. The summed E-state index contributed by atoms with van der Waals surface area (Å²) >= 11 is 0. The molecule has 0 amide bonds. The van der Waals surface area contributed by atoms with Crippen LogP contribution in [0.5, 0.6) is 11.5 Å². The fourth-order valence-electron chi connectivity index (χ4n) is 4.80. The van der Waals surface area contributed by atoms with Gasteiger partial charge in [-0.05, 0) is 61.6 Å². The molecule has 2 aliphatic carbocycles. The summed E-state index contributed by atoms with van der Waals surface area (Å²) in [5.41, 5.74) is 1.81. The number of hydrogen-bond acceptors (Lipinski definition) is 3. The molecule has 3 rings (SSSR count). The van der Waals surface area contributed by atoms with E-state index in [0.717, 1.165) is 49.7 Å². The molecule has 2 N–H and O–H groups in total. The van der Waals surface area contributed by atoms with Crippen molar-refractivity contribution in [1.29, 1.82) is 0 Å². The number of rotatable bonds is 3. The van der Waals surface area contributed by atoms with Gasteiger partial charge >= 0.3 is 0 Å². The molecule has 2 saturated carbocycles. The van der Waals surface area contributed by atoms with Crippen molar-refractivity contribution in [2.45, 2.75) is 58.8 Å². The van der Waals surface area contributed by atoms with E-state index in [0.29, 0.717) is 17.6 Å². The first-order chi connectivity index (χ1) is 10.4. The molecular weight excluding hydrogens is 276 g/mol. The fraction of sp³-hybridized carbons (Fsp3) is 0.632. The molecule has 2 aliphatic rings. The fourth-order valence-corrected chi connectivity index (χ4v) is 4.80. The van der Waals surface area contributed by atoms with E-state index < -0.39 is 0 Å². The molecule has 3 heteroatoms. The van der Waals surface area contributed by atoms with Gasteiger partial charge in [0.15, 0.2) is 11.5 Å². The van der Waals surface area contributed by atoms with Gasteiger partial charge in [0.2, 0.25) is 0 Å². The number of phenolic OH excluding ortho intramolecular Hbond substituents is 2. The number of Topliss-reactive ketones (excluding diaryl/α,β-unsaturated/α-hetero) is 1. The number of benzene rings is 1. The minimum Gasteiger partial charge on any atom is -0.504 e. The Hall–Kier alpha value is -1.51. The molecule has 0 aromatic heterocycles. The average molecular weight is 302 g/mol. The van der Waals surface area contributed by atoms with Crippen LogP contribution in [-0.2, 0) is 11.2 Å². The second-order valence-corrected chi connectivity index (χ2v) is 7.39. The first-order valence-corrected chi connectivity index (χ1v) is 8.47. The molecule has 0 spiro atoms. The monoisotopic (exact) mass is 302 g/mol. The number of fused-ring (bicyclic) bond motifs is 1. The molecule has 0 aliphatic heterocycles. The summed E-state index contributed by atoms with van der Waals surface area (Å²) in [5.74, 6) is 1.58. The Balaban J connectivity index is 1.72. The number of aryl methyl sites for hydroxylation is 1. The van der Waals surface area contributed by atoms with Crippen LogP contribution in [0.2, 0.25) is 0 Å². The van der Waals surface area contributed by atoms with E-state index in [1.807, 2.05) is 13.0 Å². The van der Waals surface area contributed by atoms with Crippen LogP contribution in [0.25, 0.3) is 0 Å². The molecule has 0 heterocycles. The number of hydrogen-bond donors (Lipinski definition) is 2. The number of ketones is 1. The summed E-state index contributed by atoms with van der Waals surface area (Å²) in [5, 5.41) is 19.4. The van der Waals surface area contributed by atoms with Crippen molar-refractivity contribution in [3.63, 3.8) is 0 Å². The van der Waals surface area contributed by atoms with Crippen LogP contribution in [0, 0.1) is 24.2 Å². The van der Waals surface area contributed by atoms with Crippen molar-refractivity contribution >= 4 is 5.78 Å². The van der Waals surface area contributed by atoms with Gasteiger partial charge in [-0.3, -0.25) is 4.79 Å². The predicted octanol–water partition coefficient (Wildman–Crippen LogP) is 4.12. The topological polar surface area (TPSA) is 57.5 Å². The zero-order valence-electron chi connectivity index (χ0n) is 13.6. The lowest BCUT2D eigenvalue weighted by molar-refractivity contribution is -0.128. The Bertz CT molecular complexity index is 593. The summed E-state index contributed by atoms with van der Waals surface area (Å²) in [4.78, 5) is 12.2. The highest BCUT2D eigenvalue weighted by molar-refractivity contribution is 5.87. The van der Waals surface area contributed by atoms with Gasteiger partial charge in [-0.2, -0.15) is 0 Å². The van der Waals surface area contributed by atoms with Gasteiger partial charge in [0.25, 0.3) is 0 Å². The average Bonchev–Trinajstić information content (AvgIpc) is 2.80. The maximum atomic E-state index is 12.2. The zero-order valence-corrected chi connectivity index (χ0v) is 13.6. The Morgan fingerprint density at radius 1 is 1.27 bits per heavy atom. The molecule has 0 bridgehead atoms. The van der Waals surface area contributed by atoms with Crippen LogP contribution in [0.1, 0.15) is 56.6 Å². The Morgan fingerprint density at radius 2 is 2.05 bits per heavy atom. The van der Waals surface area contributed by atoms with Gasteiger partial charge in [-0.1, -0.05) is 25.8 Å². The van der Waals surface area contributed by atoms with Gasteiger partial charge in [0.05, 0.1) is 0 Å². The first kappa shape index (κ1) is 15.4. The summed E-state index contributed by atoms with van der Waals surface area (Å²) < 4.78 is 0. The Morgan fingerprint density at radius 3 is 2.82 bits per heavy atom. The summed E-state index contributed by atoms with van der Waals surface area (Å²) in [6.07, 6.45) is 7.23. The van der Waals surface area contributed by atoms with Crippen molar-refractivity contribution in [3.8, 4) is 11.5 Å². The van der Waals surface area contributed by atoms with Crippen LogP contribution < -0.4 is 0 Å². The lowest BCUT2D eigenvalue weighted by Gasteiger charge is -2.41. The van der Waals surface area contributed by atoms with Crippen LogP contribution in [0.15, 0.2) is 12.1 Å². The number of carbonyl (C=O) groups is 1. The second-order valence-electron chi connectivity index (χ2n) is 7.39. The highest BCUT2D eigenvalue weighted by atomic mass is 16.3. The maximum absolute atomic E-state index is 12.2. The third-order valence-electron chi connectivity index (χ3n) is 6.28. The van der Waals surface area contributed by atoms with Crippen molar-refractivity contribution in [1.82, 2.24) is 0 Å². The molecule has 22 heavy (non-hydrogen) atoms. The van der Waals surface area contributed by atoms with Gasteiger partial charge in [-0.25, -0.2) is 0 Å². The largest absolute Gasteiger partial charge is 0.504 e. The van der Waals surface area contributed by atoms with Crippen LogP contribution in [0.4, 0.5) is 0 Å². The van der Waals surface area contributed by atoms with Gasteiger partial charge in [0.1, 0.15) is 5.78 Å². The summed E-state index contributed by atoms with van der Waals surface area (Å²) in [7, 11) is 0. The molecular formula is C19H26O3. The lowest BCUT2D eigenvalue weighted by Crippen LogP contribution is -2.37. The second kappa shape index (κ2) is 5.60. The van der Waals surface area contributed by atoms with Crippen molar-refractivity contribution < 1.29 is 15.0 Å². The smallest absolute Gasteiger partial charge is 0.160 e. The van der Waals surface area contributed by atoms with Gasteiger partial charge in [0, 0.05) is 11.8 Å². The maximum Gasteiger partial charge on any atom is 0.160 e. The molecule has 1 aromatic carbocycles. The lowest BCUT2D eigenvalue weighted by atomic mass is 9.63. The van der Waals surface area contributed by atoms with E-state index in [9.17, 15) is 15.0 Å². The normalized spacial score (nSPS) is 31.3. The molecule has 2 fully saturated rings. The van der Waals surface area contributed by atoms with Gasteiger partial charge < -0.3 is 10.2 Å². The van der Waals surface area contributed by atoms with Crippen LogP contribution in [-0.4, -0.2) is 16.0 Å². The molecule has 0 radical (unpaired) electrons. The van der Waals surface area contributed by atoms with E-state index >= 15 is 0 Å². The highest BCUT2D eigenvalue weighted by Crippen LogP contribution is 2.53. The van der Waals surface area contributed by atoms with Crippen molar-refractivity contribution in [3.05, 3.63) is 23.3 Å². The summed E-state index contributed by atoms with van der Waals surface area (Å²) in [6, 6.07) is 3.48. The molecule has 0 saturated heterocycles. The minimum atomic E-state index is -0.0743. The Labute approximate surface area is 132 Å². The van der Waals surface area contributed by atoms with E-state index in [2.05, 4.69) is 6.92 Å². The number of carbonyl (C=O) groups excluding carboxylic acids is 1. The molecule has 120 valence electrons. The molecule has 0 unspecified atom stereocenters. The van der Waals surface area contributed by atoms with Crippen molar-refractivity contribution in [2.24, 2.45) is 17.3 Å². The SMILES string of the molecule is Cc1c(CC[C@@H]2CCC[C@]3(C)C(=O)CC[C@@H]23)ccc(O)c1O. The standard InChI is InChI=1S/C19H26O3/c1-12-13(7-9-16(20)18(12)22)5-6-14-4-3-11-19(2)15(14)8-10-17(19)21/h7,9,14-15,20,22H,3-6,8,10-11H2,1-2H3/t14-,15-,19-/m0/s1. The summed E-state index contributed by atoms with van der Waals surface area (Å²) in [6.45, 7) is 4.03. The van der Waals surface area contributed by atoms with E-state index in [1.54, 1.807) is 6.07 Å². The molecule has 3 nitrogen and oxygen atoms in total. The molecule has 3 atom stereocenters. The van der Waals surface area contributed by atoms with E-state index in [1.165, 1.54) is 6.42 Å². The minimum absolute atomic E-state index is 0.00188. The third-order valence-corrected chi connectivity index (χ3v) is 6.28. The number of phenols is 2. The number of aromatic hydroxyl groups is 2. The third kappa shape index (κ3) is 2.41. The van der Waals surface area contributed by atoms with E-state index in [4.69, 9.17) is 0 Å². The van der Waals surface area contributed by atoms with Crippen LogP contribution >= 0.6 is 0 Å². The molecule has 1 aromatic rings. The quantitative estimate of drug-likeness (QED) is 0.826.